The lowest BCUT2D eigenvalue weighted by Gasteiger charge is -2.11. The zero-order valence-corrected chi connectivity index (χ0v) is 16.6. The lowest BCUT2D eigenvalue weighted by molar-refractivity contribution is 0.0919. The summed E-state index contributed by atoms with van der Waals surface area (Å²) >= 11 is 5.97. The summed E-state index contributed by atoms with van der Waals surface area (Å²) < 4.78 is 12.9. The Morgan fingerprint density at radius 3 is 2.46 bits per heavy atom. The van der Waals surface area contributed by atoms with Gasteiger partial charge in [-0.3, -0.25) is 4.79 Å². The van der Waals surface area contributed by atoms with Crippen LogP contribution in [0.25, 0.3) is 5.69 Å². The van der Waals surface area contributed by atoms with E-state index in [9.17, 15) is 4.79 Å². The summed E-state index contributed by atoms with van der Waals surface area (Å²) in [5, 5.41) is 9.63. The zero-order valence-electron chi connectivity index (χ0n) is 15.8. The Morgan fingerprint density at radius 1 is 1.11 bits per heavy atom. The summed E-state index contributed by atoms with van der Waals surface area (Å²) in [6, 6.07) is 16.2. The third-order valence-electron chi connectivity index (χ3n) is 4.47. The van der Waals surface area contributed by atoms with E-state index in [-0.39, 0.29) is 12.4 Å². The van der Waals surface area contributed by atoms with Crippen LogP contribution in [-0.2, 0) is 0 Å². The number of Topliss-reactive ketones (excluding diaryl/α,β-unsaturated/α-hetero) is 1. The van der Waals surface area contributed by atoms with Crippen molar-refractivity contribution in [3.63, 3.8) is 0 Å². The third kappa shape index (κ3) is 3.88. The first-order valence-electron chi connectivity index (χ1n) is 8.63. The fraction of sp³-hybridized carbons (Fsp3) is 0.182. The minimum Gasteiger partial charge on any atom is -0.493 e. The van der Waals surface area contributed by atoms with Gasteiger partial charge in [-0.25, -0.2) is 0 Å². The van der Waals surface area contributed by atoms with E-state index in [0.717, 1.165) is 17.1 Å². The minimum atomic E-state index is -0.139. The molecule has 0 aliphatic heterocycles. The maximum Gasteiger partial charge on any atom is 0.202 e. The Bertz CT molecular complexity index is 1060. The number of nitriles is 1. The van der Waals surface area contributed by atoms with E-state index < -0.39 is 0 Å². The number of methoxy groups -OCH3 is 1. The van der Waals surface area contributed by atoms with Gasteiger partial charge in [0.2, 0.25) is 5.78 Å². The van der Waals surface area contributed by atoms with E-state index in [0.29, 0.717) is 27.6 Å². The van der Waals surface area contributed by atoms with Crippen LogP contribution >= 0.6 is 11.6 Å². The summed E-state index contributed by atoms with van der Waals surface area (Å²) in [6.07, 6.45) is 0. The van der Waals surface area contributed by atoms with Gasteiger partial charge >= 0.3 is 0 Å². The van der Waals surface area contributed by atoms with E-state index >= 15 is 0 Å². The van der Waals surface area contributed by atoms with Crippen LogP contribution in [0.2, 0.25) is 5.02 Å². The molecule has 1 aromatic heterocycles. The molecule has 0 aliphatic carbocycles. The highest BCUT2D eigenvalue weighted by atomic mass is 35.5. The van der Waals surface area contributed by atoms with Gasteiger partial charge in [-0.1, -0.05) is 11.6 Å². The van der Waals surface area contributed by atoms with Crippen LogP contribution in [0.15, 0.2) is 48.5 Å². The predicted octanol–water partition coefficient (Wildman–Crippen LogP) is 4.89. The monoisotopic (exact) mass is 394 g/mol. The summed E-state index contributed by atoms with van der Waals surface area (Å²) in [4.78, 5) is 12.8. The van der Waals surface area contributed by atoms with Gasteiger partial charge in [0.05, 0.1) is 18.7 Å². The normalized spacial score (nSPS) is 10.4. The number of aryl methyl sites for hydroxylation is 1. The molecule has 0 radical (unpaired) electrons. The first-order chi connectivity index (χ1) is 13.4. The van der Waals surface area contributed by atoms with Gasteiger partial charge in [-0.05, 0) is 56.3 Å². The topological polar surface area (TPSA) is 64.2 Å². The van der Waals surface area contributed by atoms with Gasteiger partial charge < -0.3 is 14.0 Å². The molecular weight excluding hydrogens is 376 g/mol. The number of rotatable bonds is 6. The number of ether oxygens (including phenoxy) is 2. The third-order valence-corrected chi connectivity index (χ3v) is 4.72. The second kappa shape index (κ2) is 8.20. The van der Waals surface area contributed by atoms with E-state index in [2.05, 4.69) is 0 Å². The van der Waals surface area contributed by atoms with Gasteiger partial charge in [0.15, 0.2) is 18.1 Å². The Balaban J connectivity index is 1.82. The van der Waals surface area contributed by atoms with Crippen molar-refractivity contribution in [2.75, 3.05) is 13.7 Å². The maximum atomic E-state index is 12.8. The number of hydrogen-bond acceptors (Lipinski definition) is 4. The molecule has 3 rings (SSSR count). The molecule has 0 saturated heterocycles. The van der Waals surface area contributed by atoms with Crippen LogP contribution in [0.3, 0.4) is 0 Å². The van der Waals surface area contributed by atoms with Gasteiger partial charge in [0.25, 0.3) is 0 Å². The van der Waals surface area contributed by atoms with Gasteiger partial charge in [0.1, 0.15) is 0 Å². The first kappa shape index (κ1) is 19.5. The summed E-state index contributed by atoms with van der Waals surface area (Å²) in [7, 11) is 1.49. The second-order valence-corrected chi connectivity index (χ2v) is 6.72. The summed E-state index contributed by atoms with van der Waals surface area (Å²) in [5.74, 6) is 0.694. The Kier molecular flexibility index (Phi) is 5.72. The van der Waals surface area contributed by atoms with Gasteiger partial charge in [-0.2, -0.15) is 5.26 Å². The molecule has 0 amide bonds. The van der Waals surface area contributed by atoms with Crippen molar-refractivity contribution in [1.82, 2.24) is 4.57 Å². The fourth-order valence-corrected chi connectivity index (χ4v) is 3.24. The molecule has 0 spiro atoms. The molecule has 2 aromatic carbocycles. The predicted molar refractivity (Wildman–Crippen MR) is 108 cm³/mol. The molecule has 0 fully saturated rings. The molecule has 0 saturated carbocycles. The van der Waals surface area contributed by atoms with Gasteiger partial charge in [0, 0.05) is 33.7 Å². The molecule has 0 N–H and O–H groups in total. The number of ketones is 1. The molecule has 142 valence electrons. The zero-order chi connectivity index (χ0) is 20.3. The molecule has 0 bridgehead atoms. The maximum absolute atomic E-state index is 12.8. The van der Waals surface area contributed by atoms with E-state index in [1.54, 1.807) is 18.2 Å². The molecule has 5 nitrogen and oxygen atoms in total. The Labute approximate surface area is 168 Å². The molecule has 0 unspecified atom stereocenters. The highest BCUT2D eigenvalue weighted by molar-refractivity contribution is 6.30. The Hall–Kier alpha value is -3.23. The number of benzene rings is 2. The van der Waals surface area contributed by atoms with Crippen molar-refractivity contribution < 1.29 is 14.3 Å². The van der Waals surface area contributed by atoms with Crippen molar-refractivity contribution in [2.24, 2.45) is 0 Å². The fourth-order valence-electron chi connectivity index (χ4n) is 3.11. The number of carbonyl (C=O) groups is 1. The highest BCUT2D eigenvalue weighted by Gasteiger charge is 2.18. The average Bonchev–Trinajstić information content (AvgIpc) is 3.01. The lowest BCUT2D eigenvalue weighted by atomic mass is 10.1. The van der Waals surface area contributed by atoms with Gasteiger partial charge in [-0.15, -0.1) is 0 Å². The largest absolute Gasteiger partial charge is 0.493 e. The van der Waals surface area contributed by atoms with Crippen molar-refractivity contribution in [2.45, 2.75) is 13.8 Å². The number of carbonyl (C=O) groups excluding carboxylic acids is 1. The minimum absolute atomic E-state index is 0.132. The van der Waals surface area contributed by atoms with Crippen LogP contribution in [0.5, 0.6) is 11.5 Å². The van der Waals surface area contributed by atoms with Crippen LogP contribution in [-0.4, -0.2) is 24.1 Å². The molecule has 0 aliphatic rings. The molecule has 6 heteroatoms. The first-order valence-corrected chi connectivity index (χ1v) is 9.01. The molecule has 1 heterocycles. The summed E-state index contributed by atoms with van der Waals surface area (Å²) in [6.45, 7) is 3.72. The molecule has 28 heavy (non-hydrogen) atoms. The van der Waals surface area contributed by atoms with Crippen LogP contribution in [0, 0.1) is 25.2 Å². The number of aromatic nitrogens is 1. The SMILES string of the molecule is COc1cc(C#N)ccc1OCC(=O)c1cc(C)n(-c2ccc(Cl)cc2)c1C. The van der Waals surface area contributed by atoms with Crippen LogP contribution in [0.1, 0.15) is 27.3 Å². The number of halogens is 1. The molecule has 0 atom stereocenters. The Morgan fingerprint density at radius 2 is 1.82 bits per heavy atom. The van der Waals surface area contributed by atoms with Crippen molar-refractivity contribution in [1.29, 1.82) is 5.26 Å². The molecular formula is C22H19ClN2O3. The van der Waals surface area contributed by atoms with E-state index in [1.807, 2.05) is 54.8 Å². The highest BCUT2D eigenvalue weighted by Crippen LogP contribution is 2.28. The smallest absolute Gasteiger partial charge is 0.202 e. The number of hydrogen-bond donors (Lipinski definition) is 0. The van der Waals surface area contributed by atoms with Crippen molar-refractivity contribution in [3.05, 3.63) is 76.1 Å². The van der Waals surface area contributed by atoms with Crippen LogP contribution < -0.4 is 9.47 Å². The van der Waals surface area contributed by atoms with Crippen LogP contribution in [0.4, 0.5) is 0 Å². The lowest BCUT2D eigenvalue weighted by Crippen LogP contribution is -2.13. The van der Waals surface area contributed by atoms with E-state index in [1.165, 1.54) is 7.11 Å². The van der Waals surface area contributed by atoms with Crippen molar-refractivity contribution in [3.8, 4) is 23.3 Å². The number of nitrogens with zero attached hydrogens (tertiary/aromatic N) is 2. The van der Waals surface area contributed by atoms with Crippen molar-refractivity contribution >= 4 is 17.4 Å². The average molecular weight is 395 g/mol. The molecule has 3 aromatic rings. The quantitative estimate of drug-likeness (QED) is 0.558. The second-order valence-electron chi connectivity index (χ2n) is 6.29. The van der Waals surface area contributed by atoms with E-state index in [4.69, 9.17) is 26.3 Å². The standard InChI is InChI=1S/C22H19ClN2O3/c1-14-10-19(15(2)25(14)18-7-5-17(23)6-8-18)20(26)13-28-21-9-4-16(12-24)11-22(21)27-3/h4-11H,13H2,1-3H3. The summed E-state index contributed by atoms with van der Waals surface area (Å²) in [5.41, 5.74) is 3.77.